The Balaban J connectivity index is 1.38. The van der Waals surface area contributed by atoms with Gasteiger partial charge in [-0.05, 0) is 55.7 Å². The smallest absolute Gasteiger partial charge is 0.161 e. The van der Waals surface area contributed by atoms with E-state index in [0.29, 0.717) is 6.61 Å². The van der Waals surface area contributed by atoms with Crippen molar-refractivity contribution in [2.24, 2.45) is 0 Å². The molecular formula is C21H31N3O2S. The molecule has 1 aromatic heterocycles. The lowest BCUT2D eigenvalue weighted by molar-refractivity contribution is 0.153. The summed E-state index contributed by atoms with van der Waals surface area (Å²) in [4.78, 5) is 6.17. The summed E-state index contributed by atoms with van der Waals surface area (Å²) in [6, 6.07) is 10.3. The van der Waals surface area contributed by atoms with Crippen molar-refractivity contribution in [2.45, 2.75) is 19.6 Å². The fraction of sp³-hybridized carbons (Fsp3) is 0.524. The number of hydrogen-bond acceptors (Lipinski definition) is 6. The van der Waals surface area contributed by atoms with Gasteiger partial charge in [0.05, 0.1) is 7.11 Å². The van der Waals surface area contributed by atoms with E-state index in [9.17, 15) is 0 Å². The predicted molar refractivity (Wildman–Crippen MR) is 112 cm³/mol. The molecule has 0 unspecified atom stereocenters. The molecule has 1 saturated heterocycles. The lowest BCUT2D eigenvalue weighted by Crippen LogP contribution is -2.45. The fourth-order valence-electron chi connectivity index (χ4n) is 3.22. The van der Waals surface area contributed by atoms with E-state index < -0.39 is 0 Å². The third kappa shape index (κ3) is 6.50. The van der Waals surface area contributed by atoms with Crippen LogP contribution < -0.4 is 14.8 Å². The molecule has 2 heterocycles. The predicted octanol–water partition coefficient (Wildman–Crippen LogP) is 3.06. The summed E-state index contributed by atoms with van der Waals surface area (Å²) in [5.41, 5.74) is 1.22. The molecule has 0 amide bonds. The Bertz CT molecular complexity index is 670. The van der Waals surface area contributed by atoms with E-state index in [0.717, 1.165) is 24.6 Å². The fourth-order valence-corrected chi connectivity index (χ4v) is 3.83. The highest BCUT2D eigenvalue weighted by Crippen LogP contribution is 2.29. The molecule has 27 heavy (non-hydrogen) atoms. The van der Waals surface area contributed by atoms with Gasteiger partial charge in [0.1, 0.15) is 6.61 Å². The van der Waals surface area contributed by atoms with E-state index in [1.54, 1.807) is 18.4 Å². The van der Waals surface area contributed by atoms with Crippen molar-refractivity contribution in [1.29, 1.82) is 0 Å². The van der Waals surface area contributed by atoms with E-state index in [2.05, 4.69) is 45.7 Å². The normalized spacial score (nSPS) is 15.8. The van der Waals surface area contributed by atoms with Gasteiger partial charge in [0, 0.05) is 37.6 Å². The van der Waals surface area contributed by atoms with Gasteiger partial charge in [0.2, 0.25) is 0 Å². The maximum absolute atomic E-state index is 5.90. The van der Waals surface area contributed by atoms with Crippen LogP contribution in [0.25, 0.3) is 0 Å². The molecule has 0 saturated carbocycles. The van der Waals surface area contributed by atoms with E-state index in [4.69, 9.17) is 9.47 Å². The number of ether oxygens (including phenoxy) is 2. The van der Waals surface area contributed by atoms with Gasteiger partial charge >= 0.3 is 0 Å². The summed E-state index contributed by atoms with van der Waals surface area (Å²) < 4.78 is 11.4. The maximum atomic E-state index is 5.90. The summed E-state index contributed by atoms with van der Waals surface area (Å²) in [6.07, 6.45) is 1.18. The van der Waals surface area contributed by atoms with Gasteiger partial charge in [-0.2, -0.15) is 0 Å². The lowest BCUT2D eigenvalue weighted by atomic mass is 10.2. The molecule has 0 spiro atoms. The molecule has 1 aliphatic heterocycles. The number of benzene rings is 1. The van der Waals surface area contributed by atoms with Crippen LogP contribution in [0.3, 0.4) is 0 Å². The molecule has 1 aliphatic rings. The minimum absolute atomic E-state index is 0.581. The summed E-state index contributed by atoms with van der Waals surface area (Å²) >= 11 is 1.70. The second kappa shape index (κ2) is 10.7. The van der Waals surface area contributed by atoms with Crippen LogP contribution in [-0.2, 0) is 13.2 Å². The Morgan fingerprint density at radius 2 is 1.96 bits per heavy atom. The molecule has 1 N–H and O–H groups in total. The number of hydrogen-bond donors (Lipinski definition) is 1. The third-order valence-electron chi connectivity index (χ3n) is 4.93. The van der Waals surface area contributed by atoms with Crippen LogP contribution in [-0.4, -0.2) is 63.2 Å². The van der Waals surface area contributed by atoms with Gasteiger partial charge < -0.3 is 24.6 Å². The van der Waals surface area contributed by atoms with E-state index >= 15 is 0 Å². The number of likely N-dealkylation sites (N-methyl/N-ethyl adjacent to an activating group) is 1. The monoisotopic (exact) mass is 389 g/mol. The Hall–Kier alpha value is -1.60. The number of rotatable bonds is 10. The molecule has 1 fully saturated rings. The Morgan fingerprint density at radius 1 is 1.11 bits per heavy atom. The zero-order valence-corrected chi connectivity index (χ0v) is 17.3. The second-order valence-corrected chi connectivity index (χ2v) is 8.06. The number of methoxy groups -OCH3 is 1. The van der Waals surface area contributed by atoms with Crippen LogP contribution in [0.1, 0.15) is 16.9 Å². The SMILES string of the molecule is COc1cc(CNCCCN2CCN(C)CC2)ccc1OCc1cccs1. The average molecular weight is 390 g/mol. The topological polar surface area (TPSA) is 37.0 Å². The van der Waals surface area contributed by atoms with E-state index in [1.165, 1.54) is 49.6 Å². The summed E-state index contributed by atoms with van der Waals surface area (Å²) in [5.74, 6) is 1.59. The third-order valence-corrected chi connectivity index (χ3v) is 5.78. The highest BCUT2D eigenvalue weighted by Gasteiger charge is 2.12. The van der Waals surface area contributed by atoms with Gasteiger partial charge in [0.25, 0.3) is 0 Å². The quantitative estimate of drug-likeness (QED) is 0.632. The number of thiophene rings is 1. The molecule has 148 valence electrons. The highest BCUT2D eigenvalue weighted by molar-refractivity contribution is 7.09. The van der Waals surface area contributed by atoms with Crippen molar-refractivity contribution < 1.29 is 9.47 Å². The first kappa shape index (κ1) is 20.1. The zero-order valence-electron chi connectivity index (χ0n) is 16.4. The molecule has 0 aliphatic carbocycles. The minimum atomic E-state index is 0.581. The molecular weight excluding hydrogens is 358 g/mol. The van der Waals surface area contributed by atoms with Crippen molar-refractivity contribution in [3.05, 3.63) is 46.2 Å². The first-order chi connectivity index (χ1) is 13.2. The Labute approximate surface area is 166 Å². The highest BCUT2D eigenvalue weighted by atomic mass is 32.1. The van der Waals surface area contributed by atoms with E-state index in [1.807, 2.05) is 12.1 Å². The molecule has 0 atom stereocenters. The summed E-state index contributed by atoms with van der Waals surface area (Å²) in [6.45, 7) is 8.41. The van der Waals surface area contributed by atoms with Crippen molar-refractivity contribution in [1.82, 2.24) is 15.1 Å². The van der Waals surface area contributed by atoms with Gasteiger partial charge in [-0.15, -0.1) is 11.3 Å². The summed E-state index contributed by atoms with van der Waals surface area (Å²) in [5, 5.41) is 5.61. The second-order valence-electron chi connectivity index (χ2n) is 7.03. The van der Waals surface area contributed by atoms with Crippen LogP contribution >= 0.6 is 11.3 Å². The van der Waals surface area contributed by atoms with Crippen molar-refractivity contribution >= 4 is 11.3 Å². The molecule has 3 rings (SSSR count). The minimum Gasteiger partial charge on any atom is -0.493 e. The van der Waals surface area contributed by atoms with E-state index in [-0.39, 0.29) is 0 Å². The van der Waals surface area contributed by atoms with Gasteiger partial charge in [-0.3, -0.25) is 0 Å². The van der Waals surface area contributed by atoms with Crippen molar-refractivity contribution in [2.75, 3.05) is 53.4 Å². The van der Waals surface area contributed by atoms with Crippen LogP contribution in [0.15, 0.2) is 35.7 Å². The molecule has 2 aromatic rings. The molecule has 1 aromatic carbocycles. The molecule has 6 heteroatoms. The standard InChI is InChI=1S/C21H31N3O2S/c1-23-10-12-24(13-11-23)9-4-8-22-16-18-6-7-20(21(15-18)25-2)26-17-19-5-3-14-27-19/h3,5-7,14-15,22H,4,8-13,16-17H2,1-2H3. The molecule has 0 radical (unpaired) electrons. The first-order valence-electron chi connectivity index (χ1n) is 9.68. The average Bonchev–Trinajstić information content (AvgIpc) is 3.21. The lowest BCUT2D eigenvalue weighted by Gasteiger charge is -2.32. The molecule has 0 bridgehead atoms. The van der Waals surface area contributed by atoms with Crippen LogP contribution in [0.4, 0.5) is 0 Å². The number of piperazine rings is 1. The Morgan fingerprint density at radius 3 is 2.70 bits per heavy atom. The van der Waals surface area contributed by atoms with Gasteiger partial charge in [-0.25, -0.2) is 0 Å². The van der Waals surface area contributed by atoms with Crippen LogP contribution in [0.5, 0.6) is 11.5 Å². The van der Waals surface area contributed by atoms with Crippen molar-refractivity contribution in [3.8, 4) is 11.5 Å². The maximum Gasteiger partial charge on any atom is 0.161 e. The number of nitrogens with zero attached hydrogens (tertiary/aromatic N) is 2. The zero-order chi connectivity index (χ0) is 18.9. The summed E-state index contributed by atoms with van der Waals surface area (Å²) in [7, 11) is 3.90. The van der Waals surface area contributed by atoms with Crippen LogP contribution in [0, 0.1) is 0 Å². The van der Waals surface area contributed by atoms with Gasteiger partial charge in [0.15, 0.2) is 11.5 Å². The Kier molecular flexibility index (Phi) is 7.95. The van der Waals surface area contributed by atoms with Crippen LogP contribution in [0.2, 0.25) is 0 Å². The first-order valence-corrected chi connectivity index (χ1v) is 10.6. The number of nitrogens with one attached hydrogen (secondary N) is 1. The van der Waals surface area contributed by atoms with Crippen molar-refractivity contribution in [3.63, 3.8) is 0 Å². The largest absolute Gasteiger partial charge is 0.493 e. The molecule has 5 nitrogen and oxygen atoms in total. The van der Waals surface area contributed by atoms with Gasteiger partial charge in [-0.1, -0.05) is 12.1 Å².